The third kappa shape index (κ3) is 3.42. The highest BCUT2D eigenvalue weighted by Crippen LogP contribution is 2.27. The van der Waals surface area contributed by atoms with Crippen molar-refractivity contribution in [3.63, 3.8) is 0 Å². The summed E-state index contributed by atoms with van der Waals surface area (Å²) in [6.07, 6.45) is -2.64. The molecule has 1 aliphatic rings. The highest BCUT2D eigenvalue weighted by atomic mass is 19.3. The molecule has 1 aliphatic heterocycles. The summed E-state index contributed by atoms with van der Waals surface area (Å²) in [5.74, 6) is -0.982. The average molecular weight is 276 g/mol. The molecular weight excluding hydrogens is 254 g/mol. The topological polar surface area (TPSA) is 49.4 Å². The molecule has 1 N–H and O–H groups in total. The smallest absolute Gasteiger partial charge is 0.255 e. The Labute approximate surface area is 112 Å². The molecule has 1 rings (SSSR count). The van der Waals surface area contributed by atoms with Gasteiger partial charge in [-0.05, 0) is 11.3 Å². The Hall–Kier alpha value is -1.20. The van der Waals surface area contributed by atoms with Crippen molar-refractivity contribution < 1.29 is 18.4 Å². The van der Waals surface area contributed by atoms with Crippen molar-refractivity contribution in [1.29, 1.82) is 0 Å². The zero-order chi connectivity index (χ0) is 15.0. The Balaban J connectivity index is 3.08. The summed E-state index contributed by atoms with van der Waals surface area (Å²) in [5, 5.41) is 2.67. The van der Waals surface area contributed by atoms with Crippen molar-refractivity contribution in [2.24, 2.45) is 11.3 Å². The van der Waals surface area contributed by atoms with Crippen molar-refractivity contribution in [3.8, 4) is 0 Å². The molecule has 0 aliphatic carbocycles. The highest BCUT2D eigenvalue weighted by Gasteiger charge is 2.46. The lowest BCUT2D eigenvalue weighted by Crippen LogP contribution is -2.68. The molecule has 0 aromatic rings. The molecule has 2 atom stereocenters. The summed E-state index contributed by atoms with van der Waals surface area (Å²) in [6, 6.07) is -1.58. The van der Waals surface area contributed by atoms with E-state index in [-0.39, 0.29) is 11.8 Å². The molecule has 0 bridgehead atoms. The number of nitrogens with zero attached hydrogens (tertiary/aromatic N) is 1. The van der Waals surface area contributed by atoms with Crippen molar-refractivity contribution in [3.05, 3.63) is 0 Å². The van der Waals surface area contributed by atoms with Gasteiger partial charge in [-0.1, -0.05) is 34.6 Å². The molecule has 0 aromatic carbocycles. The number of hydrogen-bond acceptors (Lipinski definition) is 2. The molecule has 0 spiro atoms. The Morgan fingerprint density at radius 2 is 1.79 bits per heavy atom. The Morgan fingerprint density at radius 3 is 2.16 bits per heavy atom. The minimum Gasteiger partial charge on any atom is -0.342 e. The van der Waals surface area contributed by atoms with Crippen LogP contribution in [-0.2, 0) is 9.59 Å². The average Bonchev–Trinajstić information content (AvgIpc) is 2.20. The van der Waals surface area contributed by atoms with Crippen LogP contribution in [-0.4, -0.2) is 41.8 Å². The predicted molar refractivity (Wildman–Crippen MR) is 67.7 cm³/mol. The van der Waals surface area contributed by atoms with E-state index < -0.39 is 36.4 Å². The zero-order valence-electron chi connectivity index (χ0n) is 12.0. The lowest BCUT2D eigenvalue weighted by molar-refractivity contribution is -0.156. The Bertz CT molecular complexity index is 364. The largest absolute Gasteiger partial charge is 0.342 e. The third-order valence-corrected chi connectivity index (χ3v) is 3.25. The van der Waals surface area contributed by atoms with E-state index in [1.807, 2.05) is 0 Å². The van der Waals surface area contributed by atoms with Gasteiger partial charge in [0.1, 0.15) is 12.1 Å². The molecule has 1 fully saturated rings. The van der Waals surface area contributed by atoms with Crippen LogP contribution < -0.4 is 5.32 Å². The molecule has 2 amide bonds. The van der Waals surface area contributed by atoms with Gasteiger partial charge in [-0.15, -0.1) is 0 Å². The number of carbonyl (C=O) groups excluding carboxylic acids is 2. The number of rotatable bonds is 3. The minimum absolute atomic E-state index is 0.205. The summed E-state index contributed by atoms with van der Waals surface area (Å²) in [5.41, 5.74) is -0.505. The Morgan fingerprint density at radius 1 is 1.26 bits per heavy atom. The van der Waals surface area contributed by atoms with Crippen LogP contribution in [0.25, 0.3) is 0 Å². The van der Waals surface area contributed by atoms with E-state index in [4.69, 9.17) is 0 Å². The first-order chi connectivity index (χ1) is 8.55. The number of halogens is 2. The van der Waals surface area contributed by atoms with Crippen LogP contribution in [0, 0.1) is 11.3 Å². The molecule has 6 heteroatoms. The predicted octanol–water partition coefficient (Wildman–Crippen LogP) is 1.65. The minimum atomic E-state index is -2.64. The number of nitrogens with one attached hydrogen (secondary N) is 1. The normalized spacial score (nSPS) is 25.2. The van der Waals surface area contributed by atoms with Gasteiger partial charge in [0.2, 0.25) is 11.8 Å². The monoisotopic (exact) mass is 276 g/mol. The van der Waals surface area contributed by atoms with Crippen LogP contribution in [0.1, 0.15) is 34.6 Å². The molecule has 1 saturated heterocycles. The van der Waals surface area contributed by atoms with Gasteiger partial charge in [0, 0.05) is 0 Å². The molecule has 2 unspecified atom stereocenters. The number of piperazine rings is 1. The quantitative estimate of drug-likeness (QED) is 0.852. The SMILES string of the molecule is CC(C)C1C(=O)NC(C(C)(C)C)C(=O)N1CC(F)F. The first kappa shape index (κ1) is 15.9. The first-order valence-corrected chi connectivity index (χ1v) is 6.44. The van der Waals surface area contributed by atoms with Crippen molar-refractivity contribution in [2.45, 2.75) is 53.1 Å². The molecule has 1 heterocycles. The number of alkyl halides is 2. The maximum absolute atomic E-state index is 12.7. The fourth-order valence-electron chi connectivity index (χ4n) is 2.34. The van der Waals surface area contributed by atoms with Gasteiger partial charge in [-0.2, -0.15) is 0 Å². The standard InChI is InChI=1S/C13H22F2N2O2/c1-7(2)9-11(18)16-10(13(3,4)5)12(19)17(9)6-8(14)15/h7-10H,6H2,1-5H3,(H,16,18). The van der Waals surface area contributed by atoms with Crippen LogP contribution in [0.3, 0.4) is 0 Å². The van der Waals surface area contributed by atoms with E-state index in [0.29, 0.717) is 0 Å². The van der Waals surface area contributed by atoms with Gasteiger partial charge >= 0.3 is 0 Å². The van der Waals surface area contributed by atoms with Gasteiger partial charge in [-0.25, -0.2) is 8.78 Å². The maximum Gasteiger partial charge on any atom is 0.255 e. The summed E-state index contributed by atoms with van der Waals surface area (Å²) in [6.45, 7) is 8.19. The van der Waals surface area contributed by atoms with Gasteiger partial charge in [0.05, 0.1) is 6.54 Å². The summed E-state index contributed by atoms with van der Waals surface area (Å²) < 4.78 is 25.3. The van der Waals surface area contributed by atoms with Gasteiger partial charge in [0.15, 0.2) is 0 Å². The van der Waals surface area contributed by atoms with Crippen LogP contribution in [0.5, 0.6) is 0 Å². The fraction of sp³-hybridized carbons (Fsp3) is 0.846. The van der Waals surface area contributed by atoms with E-state index in [1.54, 1.807) is 34.6 Å². The molecule has 19 heavy (non-hydrogen) atoms. The summed E-state index contributed by atoms with van der Waals surface area (Å²) >= 11 is 0. The van der Waals surface area contributed by atoms with Crippen LogP contribution >= 0.6 is 0 Å². The second-order valence-electron chi connectivity index (χ2n) is 6.38. The maximum atomic E-state index is 12.7. The fourth-order valence-corrected chi connectivity index (χ4v) is 2.34. The van der Waals surface area contributed by atoms with Gasteiger partial charge in [-0.3, -0.25) is 9.59 Å². The zero-order valence-corrected chi connectivity index (χ0v) is 12.0. The molecule has 0 saturated carbocycles. The first-order valence-electron chi connectivity index (χ1n) is 6.44. The van der Waals surface area contributed by atoms with E-state index in [2.05, 4.69) is 5.32 Å². The van der Waals surface area contributed by atoms with E-state index >= 15 is 0 Å². The number of amides is 2. The highest BCUT2D eigenvalue weighted by molar-refractivity contribution is 5.97. The molecular formula is C13H22F2N2O2. The number of carbonyl (C=O) groups is 2. The summed E-state index contributed by atoms with van der Waals surface area (Å²) in [7, 11) is 0. The molecule has 110 valence electrons. The van der Waals surface area contributed by atoms with Gasteiger partial charge in [0.25, 0.3) is 6.43 Å². The van der Waals surface area contributed by atoms with E-state index in [9.17, 15) is 18.4 Å². The molecule has 0 aromatic heterocycles. The van der Waals surface area contributed by atoms with Crippen LogP contribution in [0.4, 0.5) is 8.78 Å². The second kappa shape index (κ2) is 5.43. The van der Waals surface area contributed by atoms with Crippen LogP contribution in [0.15, 0.2) is 0 Å². The van der Waals surface area contributed by atoms with E-state index in [1.165, 1.54) is 0 Å². The van der Waals surface area contributed by atoms with Crippen molar-refractivity contribution >= 4 is 11.8 Å². The lowest BCUT2D eigenvalue weighted by atomic mass is 9.83. The lowest BCUT2D eigenvalue weighted by Gasteiger charge is -2.44. The van der Waals surface area contributed by atoms with E-state index in [0.717, 1.165) is 4.90 Å². The number of hydrogen-bond donors (Lipinski definition) is 1. The Kier molecular flexibility index (Phi) is 4.53. The van der Waals surface area contributed by atoms with Gasteiger partial charge < -0.3 is 10.2 Å². The second-order valence-corrected chi connectivity index (χ2v) is 6.38. The molecule has 0 radical (unpaired) electrons. The van der Waals surface area contributed by atoms with Crippen molar-refractivity contribution in [1.82, 2.24) is 10.2 Å². The van der Waals surface area contributed by atoms with Crippen LogP contribution in [0.2, 0.25) is 0 Å². The summed E-state index contributed by atoms with van der Waals surface area (Å²) in [4.78, 5) is 25.5. The van der Waals surface area contributed by atoms with Crippen molar-refractivity contribution in [2.75, 3.05) is 6.54 Å². The molecule has 4 nitrogen and oxygen atoms in total. The third-order valence-electron chi connectivity index (χ3n) is 3.25.